The summed E-state index contributed by atoms with van der Waals surface area (Å²) in [7, 11) is -3.91. The van der Waals surface area contributed by atoms with E-state index in [1.807, 2.05) is 0 Å². The number of nitrogens with one attached hydrogen (secondary N) is 2. The zero-order chi connectivity index (χ0) is 15.0. The third-order valence-electron chi connectivity index (χ3n) is 2.66. The molecule has 0 aromatic carbocycles. The molecule has 0 aliphatic carbocycles. The Balaban J connectivity index is 3.34. The third-order valence-corrected chi connectivity index (χ3v) is 4.63. The zero-order valence-electron chi connectivity index (χ0n) is 11.2. The maximum Gasteiger partial charge on any atom is 0.352 e. The largest absolute Gasteiger partial charge is 0.477 e. The van der Waals surface area contributed by atoms with Crippen molar-refractivity contribution in [2.45, 2.75) is 38.1 Å². The van der Waals surface area contributed by atoms with Gasteiger partial charge in [-0.3, -0.25) is 0 Å². The number of H-pyrrole nitrogens is 1. The highest BCUT2D eigenvalue weighted by Gasteiger charge is 2.31. The second-order valence-corrected chi connectivity index (χ2v) is 6.65. The molecule has 0 saturated carbocycles. The Kier molecular flexibility index (Phi) is 4.08. The van der Waals surface area contributed by atoms with Gasteiger partial charge in [-0.05, 0) is 27.7 Å². The van der Waals surface area contributed by atoms with Crippen LogP contribution in [0.25, 0.3) is 0 Å². The molecule has 1 rings (SSSR count). The highest BCUT2D eigenvalue weighted by atomic mass is 32.2. The summed E-state index contributed by atoms with van der Waals surface area (Å²) in [6.45, 7) is 5.59. The first-order valence-electron chi connectivity index (χ1n) is 5.59. The molecule has 7 nitrogen and oxygen atoms in total. The van der Waals surface area contributed by atoms with E-state index >= 15 is 0 Å². The smallest absolute Gasteiger partial charge is 0.352 e. The standard InChI is InChI=1S/C11H18N2O5S/c1-6-8(10(15)16)12-7(2)9(6)19(17,18)13-11(3,4)5-14/h12-14H,5H2,1-4H3,(H,15,16). The van der Waals surface area contributed by atoms with E-state index in [0.29, 0.717) is 0 Å². The minimum atomic E-state index is -3.91. The molecule has 1 heterocycles. The Morgan fingerprint density at radius 1 is 1.37 bits per heavy atom. The summed E-state index contributed by atoms with van der Waals surface area (Å²) in [5.41, 5.74) is -0.791. The lowest BCUT2D eigenvalue weighted by Gasteiger charge is -2.23. The van der Waals surface area contributed by atoms with Crippen LogP contribution in [-0.2, 0) is 10.0 Å². The fraction of sp³-hybridized carbons (Fsp3) is 0.545. The van der Waals surface area contributed by atoms with E-state index in [1.54, 1.807) is 0 Å². The van der Waals surface area contributed by atoms with Gasteiger partial charge in [-0.25, -0.2) is 17.9 Å². The molecule has 0 saturated heterocycles. The number of aromatic nitrogens is 1. The monoisotopic (exact) mass is 290 g/mol. The molecule has 8 heteroatoms. The molecule has 0 spiro atoms. The van der Waals surface area contributed by atoms with Gasteiger partial charge in [-0.1, -0.05) is 0 Å². The van der Waals surface area contributed by atoms with Crippen molar-refractivity contribution in [1.82, 2.24) is 9.71 Å². The lowest BCUT2D eigenvalue weighted by molar-refractivity contribution is 0.0690. The van der Waals surface area contributed by atoms with Gasteiger partial charge in [-0.15, -0.1) is 0 Å². The molecule has 1 aromatic rings. The Morgan fingerprint density at radius 2 is 1.89 bits per heavy atom. The second-order valence-electron chi connectivity index (χ2n) is 5.03. The number of aryl methyl sites for hydroxylation is 1. The van der Waals surface area contributed by atoms with E-state index in [4.69, 9.17) is 10.2 Å². The molecule has 0 fully saturated rings. The lowest BCUT2D eigenvalue weighted by Crippen LogP contribution is -2.46. The van der Waals surface area contributed by atoms with Crippen LogP contribution in [0.1, 0.15) is 35.6 Å². The van der Waals surface area contributed by atoms with Crippen LogP contribution >= 0.6 is 0 Å². The van der Waals surface area contributed by atoms with E-state index in [0.717, 1.165) is 0 Å². The maximum atomic E-state index is 12.2. The quantitative estimate of drug-likeness (QED) is 0.625. The molecule has 0 radical (unpaired) electrons. The molecule has 0 aliphatic heterocycles. The number of aliphatic hydroxyl groups excluding tert-OH is 1. The maximum absolute atomic E-state index is 12.2. The molecule has 108 valence electrons. The number of aromatic amines is 1. The average molecular weight is 290 g/mol. The summed E-state index contributed by atoms with van der Waals surface area (Å²) < 4.78 is 26.8. The van der Waals surface area contributed by atoms with Gasteiger partial charge in [-0.2, -0.15) is 0 Å². The van der Waals surface area contributed by atoms with Crippen molar-refractivity contribution in [1.29, 1.82) is 0 Å². The summed E-state index contributed by atoms with van der Waals surface area (Å²) in [6, 6.07) is 0. The van der Waals surface area contributed by atoms with Crippen molar-refractivity contribution >= 4 is 16.0 Å². The normalized spacial score (nSPS) is 12.7. The van der Waals surface area contributed by atoms with Gasteiger partial charge >= 0.3 is 5.97 Å². The van der Waals surface area contributed by atoms with Crippen molar-refractivity contribution in [2.75, 3.05) is 6.61 Å². The molecule has 0 bridgehead atoms. The summed E-state index contributed by atoms with van der Waals surface area (Å²) in [5.74, 6) is -1.22. The summed E-state index contributed by atoms with van der Waals surface area (Å²) in [5, 5.41) is 18.1. The van der Waals surface area contributed by atoms with Crippen LogP contribution in [0.15, 0.2) is 4.90 Å². The Morgan fingerprint density at radius 3 is 2.26 bits per heavy atom. The lowest BCUT2D eigenvalue weighted by atomic mass is 10.1. The van der Waals surface area contributed by atoms with Crippen LogP contribution in [0.5, 0.6) is 0 Å². The Hall–Kier alpha value is -1.38. The molecule has 1 aromatic heterocycles. The highest BCUT2D eigenvalue weighted by Crippen LogP contribution is 2.24. The van der Waals surface area contributed by atoms with Crippen molar-refractivity contribution in [3.63, 3.8) is 0 Å². The van der Waals surface area contributed by atoms with Gasteiger partial charge < -0.3 is 15.2 Å². The zero-order valence-corrected chi connectivity index (χ0v) is 12.1. The number of carboxylic acid groups (broad SMARTS) is 1. The van der Waals surface area contributed by atoms with Crippen molar-refractivity contribution < 1.29 is 23.4 Å². The van der Waals surface area contributed by atoms with Gasteiger partial charge in [0.2, 0.25) is 10.0 Å². The van der Waals surface area contributed by atoms with Gasteiger partial charge in [0.05, 0.1) is 12.1 Å². The van der Waals surface area contributed by atoms with E-state index in [1.165, 1.54) is 27.7 Å². The van der Waals surface area contributed by atoms with Crippen molar-refractivity contribution in [2.24, 2.45) is 0 Å². The first-order chi connectivity index (χ1) is 8.52. The van der Waals surface area contributed by atoms with Crippen LogP contribution in [-0.4, -0.2) is 41.7 Å². The van der Waals surface area contributed by atoms with Gasteiger partial charge in [0.1, 0.15) is 10.6 Å². The SMILES string of the molecule is Cc1[nH]c(C(=O)O)c(C)c1S(=O)(=O)NC(C)(C)CO. The predicted molar refractivity (Wildman–Crippen MR) is 68.7 cm³/mol. The molecule has 19 heavy (non-hydrogen) atoms. The van der Waals surface area contributed by atoms with E-state index in [2.05, 4.69) is 9.71 Å². The number of hydrogen-bond donors (Lipinski definition) is 4. The number of hydrogen-bond acceptors (Lipinski definition) is 4. The first kappa shape index (κ1) is 15.7. The summed E-state index contributed by atoms with van der Waals surface area (Å²) in [4.78, 5) is 13.4. The number of carbonyl (C=O) groups is 1. The number of carboxylic acids is 1. The van der Waals surface area contributed by atoms with Gasteiger partial charge in [0.15, 0.2) is 0 Å². The van der Waals surface area contributed by atoms with E-state index in [-0.39, 0.29) is 28.5 Å². The number of aliphatic hydroxyl groups is 1. The summed E-state index contributed by atoms with van der Waals surface area (Å²) >= 11 is 0. The van der Waals surface area contributed by atoms with E-state index in [9.17, 15) is 13.2 Å². The van der Waals surface area contributed by atoms with Crippen LogP contribution in [0.3, 0.4) is 0 Å². The number of rotatable bonds is 5. The van der Waals surface area contributed by atoms with Crippen LogP contribution < -0.4 is 4.72 Å². The first-order valence-corrected chi connectivity index (χ1v) is 7.07. The number of sulfonamides is 1. The fourth-order valence-corrected chi connectivity index (χ4v) is 3.65. The molecule has 0 aliphatic rings. The van der Waals surface area contributed by atoms with Crippen LogP contribution in [0.2, 0.25) is 0 Å². The Labute approximate surface area is 111 Å². The number of aromatic carboxylic acids is 1. The summed E-state index contributed by atoms with van der Waals surface area (Å²) in [6.07, 6.45) is 0. The molecule has 0 amide bonds. The minimum Gasteiger partial charge on any atom is -0.477 e. The highest BCUT2D eigenvalue weighted by molar-refractivity contribution is 7.89. The second kappa shape index (κ2) is 4.95. The molecular weight excluding hydrogens is 272 g/mol. The average Bonchev–Trinajstić information content (AvgIpc) is 2.53. The van der Waals surface area contributed by atoms with E-state index < -0.39 is 21.5 Å². The van der Waals surface area contributed by atoms with Gasteiger partial charge in [0, 0.05) is 11.3 Å². The van der Waals surface area contributed by atoms with Crippen molar-refractivity contribution in [3.05, 3.63) is 17.0 Å². The van der Waals surface area contributed by atoms with Crippen LogP contribution in [0, 0.1) is 13.8 Å². The molecule has 0 unspecified atom stereocenters. The fourth-order valence-electron chi connectivity index (χ4n) is 1.80. The van der Waals surface area contributed by atoms with Crippen LogP contribution in [0.4, 0.5) is 0 Å². The molecular formula is C11H18N2O5S. The topological polar surface area (TPSA) is 119 Å². The minimum absolute atomic E-state index is 0.0913. The Bertz CT molecular complexity index is 601. The molecule has 4 N–H and O–H groups in total. The molecule has 0 atom stereocenters. The van der Waals surface area contributed by atoms with Crippen molar-refractivity contribution in [3.8, 4) is 0 Å². The third kappa shape index (κ3) is 3.14. The predicted octanol–water partition coefficient (Wildman–Crippen LogP) is 0.379. The van der Waals surface area contributed by atoms with Gasteiger partial charge in [0.25, 0.3) is 0 Å².